The highest BCUT2D eigenvalue weighted by molar-refractivity contribution is 5.16. The first-order valence-electron chi connectivity index (χ1n) is 4.18. The van der Waals surface area contributed by atoms with Crippen molar-refractivity contribution in [1.29, 1.82) is 0 Å². The molecule has 0 radical (unpaired) electrons. The monoisotopic (exact) mass is 168 g/mol. The lowest BCUT2D eigenvalue weighted by molar-refractivity contribution is 0.284. The van der Waals surface area contributed by atoms with Crippen LogP contribution in [0.4, 0.5) is 4.39 Å². The fourth-order valence-corrected chi connectivity index (χ4v) is 1.13. The van der Waals surface area contributed by atoms with Crippen LogP contribution < -0.4 is 0 Å². The molecule has 66 valence electrons. The molecule has 0 aromatic heterocycles. The smallest absolute Gasteiger partial charge is 0.123 e. The molecule has 1 N–H and O–H groups in total. The van der Waals surface area contributed by atoms with Gasteiger partial charge in [0, 0.05) is 6.61 Å². The molecular formula is C10H13FO. The van der Waals surface area contributed by atoms with Crippen molar-refractivity contribution in [2.75, 3.05) is 6.61 Å². The van der Waals surface area contributed by atoms with Gasteiger partial charge in [-0.25, -0.2) is 4.39 Å². The van der Waals surface area contributed by atoms with Gasteiger partial charge >= 0.3 is 0 Å². The molecular weight excluding hydrogens is 155 g/mol. The molecule has 0 saturated carbocycles. The molecule has 1 aromatic carbocycles. The zero-order chi connectivity index (χ0) is 8.81. The molecule has 12 heavy (non-hydrogen) atoms. The predicted octanol–water partition coefficient (Wildman–Crippen LogP) is 2.14. The Labute approximate surface area is 71.9 Å². The van der Waals surface area contributed by atoms with Crippen molar-refractivity contribution in [3.63, 3.8) is 0 Å². The Bertz CT molecular complexity index is 235. The van der Waals surface area contributed by atoms with Crippen LogP contribution in [-0.4, -0.2) is 11.7 Å². The number of hydrogen-bond donors (Lipinski definition) is 1. The van der Waals surface area contributed by atoms with Crippen LogP contribution >= 0.6 is 0 Å². The fourth-order valence-electron chi connectivity index (χ4n) is 1.13. The third kappa shape index (κ3) is 3.01. The van der Waals surface area contributed by atoms with E-state index in [0.29, 0.717) is 0 Å². The van der Waals surface area contributed by atoms with Crippen molar-refractivity contribution in [1.82, 2.24) is 0 Å². The Morgan fingerprint density at radius 1 is 1.25 bits per heavy atom. The highest BCUT2D eigenvalue weighted by Crippen LogP contribution is 2.06. The van der Waals surface area contributed by atoms with Crippen molar-refractivity contribution in [3.8, 4) is 0 Å². The number of aryl methyl sites for hydroxylation is 1. The molecule has 0 unspecified atom stereocenters. The normalized spacial score (nSPS) is 10.2. The maximum absolute atomic E-state index is 12.6. The Balaban J connectivity index is 2.41. The van der Waals surface area contributed by atoms with E-state index in [1.54, 1.807) is 6.07 Å². The van der Waals surface area contributed by atoms with Crippen LogP contribution in [0.25, 0.3) is 0 Å². The van der Waals surface area contributed by atoms with Crippen LogP contribution in [0.15, 0.2) is 24.3 Å². The highest BCUT2D eigenvalue weighted by atomic mass is 19.1. The molecule has 1 aromatic rings. The van der Waals surface area contributed by atoms with E-state index in [1.165, 1.54) is 12.1 Å². The van der Waals surface area contributed by atoms with Crippen molar-refractivity contribution < 1.29 is 9.50 Å². The molecule has 1 nitrogen and oxygen atoms in total. The molecule has 0 aliphatic rings. The van der Waals surface area contributed by atoms with E-state index in [2.05, 4.69) is 0 Å². The maximum Gasteiger partial charge on any atom is 0.123 e. The van der Waals surface area contributed by atoms with Gasteiger partial charge in [-0.1, -0.05) is 12.1 Å². The quantitative estimate of drug-likeness (QED) is 0.683. The van der Waals surface area contributed by atoms with Gasteiger partial charge in [-0.15, -0.1) is 0 Å². The minimum atomic E-state index is -0.184. The summed E-state index contributed by atoms with van der Waals surface area (Å²) in [5.41, 5.74) is 1.00. The zero-order valence-corrected chi connectivity index (χ0v) is 6.96. The van der Waals surface area contributed by atoms with Gasteiger partial charge in [-0.2, -0.15) is 0 Å². The first-order chi connectivity index (χ1) is 5.83. The van der Waals surface area contributed by atoms with Crippen molar-refractivity contribution >= 4 is 0 Å². The van der Waals surface area contributed by atoms with Gasteiger partial charge in [0.1, 0.15) is 5.82 Å². The van der Waals surface area contributed by atoms with Crippen LogP contribution in [0.1, 0.15) is 18.4 Å². The second-order valence-corrected chi connectivity index (χ2v) is 2.81. The van der Waals surface area contributed by atoms with Crippen LogP contribution in [0.5, 0.6) is 0 Å². The standard InChI is InChI=1S/C10H13FO/c11-10-6-3-5-9(8-10)4-1-2-7-12/h3,5-6,8,12H,1-2,4,7H2. The van der Waals surface area contributed by atoms with Crippen molar-refractivity contribution in [2.24, 2.45) is 0 Å². The summed E-state index contributed by atoms with van der Waals surface area (Å²) in [4.78, 5) is 0. The van der Waals surface area contributed by atoms with Gasteiger partial charge in [0.25, 0.3) is 0 Å². The summed E-state index contributed by atoms with van der Waals surface area (Å²) in [6, 6.07) is 6.59. The molecule has 0 atom stereocenters. The summed E-state index contributed by atoms with van der Waals surface area (Å²) in [7, 11) is 0. The predicted molar refractivity (Wildman–Crippen MR) is 46.4 cm³/mol. The number of benzene rings is 1. The minimum Gasteiger partial charge on any atom is -0.396 e. The summed E-state index contributed by atoms with van der Waals surface area (Å²) in [5, 5.41) is 8.52. The van der Waals surface area contributed by atoms with E-state index in [-0.39, 0.29) is 12.4 Å². The Hall–Kier alpha value is -0.890. The van der Waals surface area contributed by atoms with Crippen molar-refractivity contribution in [2.45, 2.75) is 19.3 Å². The molecule has 0 saturated heterocycles. The van der Waals surface area contributed by atoms with Crippen LogP contribution in [-0.2, 0) is 6.42 Å². The van der Waals surface area contributed by atoms with E-state index in [0.717, 1.165) is 24.8 Å². The first kappa shape index (κ1) is 9.20. The Morgan fingerprint density at radius 3 is 2.75 bits per heavy atom. The van der Waals surface area contributed by atoms with Gasteiger partial charge in [0.05, 0.1) is 0 Å². The SMILES string of the molecule is OCCCCc1cccc(F)c1. The first-order valence-corrected chi connectivity index (χ1v) is 4.18. The van der Waals surface area contributed by atoms with Gasteiger partial charge in [0.15, 0.2) is 0 Å². The molecule has 0 aliphatic heterocycles. The number of hydrogen-bond acceptors (Lipinski definition) is 1. The van der Waals surface area contributed by atoms with E-state index in [1.807, 2.05) is 6.07 Å². The maximum atomic E-state index is 12.6. The summed E-state index contributed by atoms with van der Waals surface area (Å²) in [6.45, 7) is 0.218. The lowest BCUT2D eigenvalue weighted by Crippen LogP contribution is -1.89. The van der Waals surface area contributed by atoms with Gasteiger partial charge in [-0.3, -0.25) is 0 Å². The molecule has 0 fully saturated rings. The number of unbranched alkanes of at least 4 members (excludes halogenated alkanes) is 1. The molecule has 2 heteroatoms. The number of aliphatic hydroxyl groups is 1. The van der Waals surface area contributed by atoms with Crippen LogP contribution in [0.2, 0.25) is 0 Å². The van der Waals surface area contributed by atoms with E-state index in [4.69, 9.17) is 5.11 Å². The molecule has 0 heterocycles. The third-order valence-corrected chi connectivity index (χ3v) is 1.76. The fraction of sp³-hybridized carbons (Fsp3) is 0.400. The molecule has 0 amide bonds. The summed E-state index contributed by atoms with van der Waals surface area (Å²) in [5.74, 6) is -0.184. The van der Waals surface area contributed by atoms with E-state index >= 15 is 0 Å². The number of halogens is 1. The second-order valence-electron chi connectivity index (χ2n) is 2.81. The Kier molecular flexibility index (Phi) is 3.74. The average Bonchev–Trinajstić information content (AvgIpc) is 2.05. The summed E-state index contributed by atoms with van der Waals surface area (Å²) >= 11 is 0. The average molecular weight is 168 g/mol. The van der Waals surface area contributed by atoms with Crippen LogP contribution in [0, 0.1) is 5.82 Å². The van der Waals surface area contributed by atoms with E-state index in [9.17, 15) is 4.39 Å². The summed E-state index contributed by atoms with van der Waals surface area (Å²) in [6.07, 6.45) is 2.55. The zero-order valence-electron chi connectivity index (χ0n) is 6.96. The number of rotatable bonds is 4. The molecule has 0 aliphatic carbocycles. The van der Waals surface area contributed by atoms with Crippen molar-refractivity contribution in [3.05, 3.63) is 35.6 Å². The lowest BCUT2D eigenvalue weighted by atomic mass is 10.1. The summed E-state index contributed by atoms with van der Waals surface area (Å²) < 4.78 is 12.6. The van der Waals surface area contributed by atoms with Crippen LogP contribution in [0.3, 0.4) is 0 Å². The topological polar surface area (TPSA) is 20.2 Å². The highest BCUT2D eigenvalue weighted by Gasteiger charge is 1.94. The molecule has 1 rings (SSSR count). The largest absolute Gasteiger partial charge is 0.396 e. The third-order valence-electron chi connectivity index (χ3n) is 1.76. The van der Waals surface area contributed by atoms with Gasteiger partial charge in [-0.05, 0) is 37.0 Å². The lowest BCUT2D eigenvalue weighted by Gasteiger charge is -1.99. The van der Waals surface area contributed by atoms with Gasteiger partial charge in [0.2, 0.25) is 0 Å². The Morgan fingerprint density at radius 2 is 2.08 bits per heavy atom. The van der Waals surface area contributed by atoms with E-state index < -0.39 is 0 Å². The minimum absolute atomic E-state index is 0.184. The second kappa shape index (κ2) is 4.88. The van der Waals surface area contributed by atoms with Gasteiger partial charge < -0.3 is 5.11 Å². The molecule has 0 bridgehead atoms. The number of aliphatic hydroxyl groups excluding tert-OH is 1. The molecule has 0 spiro atoms.